The number of aliphatic imine (C=N–C) groups is 1. The van der Waals surface area contributed by atoms with Crippen LogP contribution in [0.5, 0.6) is 0 Å². The SMILES string of the molecule is C=N/C=C1/C=CC=CC1=N. The van der Waals surface area contributed by atoms with Gasteiger partial charge in [-0.25, -0.2) is 0 Å². The molecule has 1 aliphatic rings. The highest BCUT2D eigenvalue weighted by molar-refractivity contribution is 6.09. The Balaban J connectivity index is 2.90. The van der Waals surface area contributed by atoms with Crippen molar-refractivity contribution in [2.45, 2.75) is 0 Å². The number of allylic oxidation sites excluding steroid dienone is 5. The fourth-order valence-corrected chi connectivity index (χ4v) is 0.708. The number of hydrogen-bond donors (Lipinski definition) is 1. The van der Waals surface area contributed by atoms with Crippen LogP contribution in [0.25, 0.3) is 0 Å². The standard InChI is InChI=1S/C8H8N2/c1-10-6-7-4-2-3-5-8(7)9/h2-6,9H,1H2/b7-6-,9-8?. The van der Waals surface area contributed by atoms with Gasteiger partial charge in [-0.2, -0.15) is 0 Å². The highest BCUT2D eigenvalue weighted by atomic mass is 14.6. The first-order chi connectivity index (χ1) is 4.84. The molecule has 1 rings (SSSR count). The Morgan fingerprint density at radius 1 is 1.40 bits per heavy atom. The minimum absolute atomic E-state index is 0.481. The van der Waals surface area contributed by atoms with Gasteiger partial charge in [0.25, 0.3) is 0 Å². The first-order valence-corrected chi connectivity index (χ1v) is 2.94. The minimum atomic E-state index is 0.481. The second-order valence-electron chi connectivity index (χ2n) is 1.90. The van der Waals surface area contributed by atoms with E-state index in [0.29, 0.717) is 5.71 Å². The maximum absolute atomic E-state index is 7.36. The zero-order valence-corrected chi connectivity index (χ0v) is 5.54. The van der Waals surface area contributed by atoms with Gasteiger partial charge in [-0.05, 0) is 12.8 Å². The number of nitrogens with one attached hydrogen (secondary N) is 1. The summed E-state index contributed by atoms with van der Waals surface area (Å²) >= 11 is 0. The molecule has 0 saturated heterocycles. The van der Waals surface area contributed by atoms with Crippen LogP contribution in [-0.4, -0.2) is 12.4 Å². The smallest absolute Gasteiger partial charge is 0.0627 e. The van der Waals surface area contributed by atoms with E-state index in [2.05, 4.69) is 11.7 Å². The molecule has 0 bridgehead atoms. The predicted octanol–water partition coefficient (Wildman–Crippen LogP) is 1.72. The second kappa shape index (κ2) is 2.92. The van der Waals surface area contributed by atoms with Gasteiger partial charge in [0.05, 0.1) is 5.71 Å². The lowest BCUT2D eigenvalue weighted by Gasteiger charge is -2.00. The molecule has 0 aromatic rings. The van der Waals surface area contributed by atoms with Gasteiger partial charge in [0.1, 0.15) is 0 Å². The van der Waals surface area contributed by atoms with Crippen molar-refractivity contribution < 1.29 is 0 Å². The van der Waals surface area contributed by atoms with Crippen LogP contribution in [0.3, 0.4) is 0 Å². The summed E-state index contributed by atoms with van der Waals surface area (Å²) in [5, 5.41) is 7.36. The lowest BCUT2D eigenvalue weighted by atomic mass is 10.1. The molecule has 1 N–H and O–H groups in total. The third-order valence-electron chi connectivity index (χ3n) is 1.19. The van der Waals surface area contributed by atoms with Crippen LogP contribution in [0.1, 0.15) is 0 Å². The van der Waals surface area contributed by atoms with E-state index >= 15 is 0 Å². The molecule has 0 saturated carbocycles. The summed E-state index contributed by atoms with van der Waals surface area (Å²) in [7, 11) is 0. The Hall–Kier alpha value is -1.44. The molecular formula is C8H8N2. The summed E-state index contributed by atoms with van der Waals surface area (Å²) in [6.07, 6.45) is 8.81. The topological polar surface area (TPSA) is 36.2 Å². The minimum Gasteiger partial charge on any atom is -0.300 e. The van der Waals surface area contributed by atoms with E-state index in [1.807, 2.05) is 18.2 Å². The van der Waals surface area contributed by atoms with Crippen LogP contribution < -0.4 is 0 Å². The van der Waals surface area contributed by atoms with Gasteiger partial charge in [-0.1, -0.05) is 18.2 Å². The van der Waals surface area contributed by atoms with Crippen LogP contribution in [-0.2, 0) is 0 Å². The van der Waals surface area contributed by atoms with Gasteiger partial charge >= 0.3 is 0 Å². The number of nitrogens with zero attached hydrogens (tertiary/aromatic N) is 1. The molecular weight excluding hydrogens is 124 g/mol. The molecule has 2 heteroatoms. The number of rotatable bonds is 1. The van der Waals surface area contributed by atoms with E-state index in [4.69, 9.17) is 5.41 Å². The molecule has 2 nitrogen and oxygen atoms in total. The summed E-state index contributed by atoms with van der Waals surface area (Å²) in [6, 6.07) is 0. The Morgan fingerprint density at radius 2 is 2.10 bits per heavy atom. The molecule has 0 heterocycles. The zero-order valence-electron chi connectivity index (χ0n) is 5.54. The Bertz CT molecular complexity index is 244. The fourth-order valence-electron chi connectivity index (χ4n) is 0.708. The molecule has 0 unspecified atom stereocenters. The van der Waals surface area contributed by atoms with Crippen molar-refractivity contribution >= 4 is 12.4 Å². The molecule has 1 aliphatic carbocycles. The highest BCUT2D eigenvalue weighted by Gasteiger charge is 1.98. The third-order valence-corrected chi connectivity index (χ3v) is 1.19. The second-order valence-corrected chi connectivity index (χ2v) is 1.90. The number of hydrogen-bond acceptors (Lipinski definition) is 2. The third kappa shape index (κ3) is 1.29. The average Bonchev–Trinajstić information content (AvgIpc) is 1.94. The maximum Gasteiger partial charge on any atom is 0.0627 e. The monoisotopic (exact) mass is 132 g/mol. The van der Waals surface area contributed by atoms with E-state index in [1.54, 1.807) is 12.3 Å². The van der Waals surface area contributed by atoms with Gasteiger partial charge in [-0.15, -0.1) is 0 Å². The normalized spacial score (nSPS) is 20.0. The largest absolute Gasteiger partial charge is 0.300 e. The molecule has 50 valence electrons. The summed E-state index contributed by atoms with van der Waals surface area (Å²) in [6.45, 7) is 3.31. The van der Waals surface area contributed by atoms with Crippen LogP contribution in [0.2, 0.25) is 0 Å². The van der Waals surface area contributed by atoms with Gasteiger partial charge in [0.2, 0.25) is 0 Å². The van der Waals surface area contributed by atoms with E-state index in [9.17, 15) is 0 Å². The molecule has 0 atom stereocenters. The molecule has 0 amide bonds. The molecule has 0 spiro atoms. The van der Waals surface area contributed by atoms with Crippen molar-refractivity contribution in [2.75, 3.05) is 0 Å². The molecule has 0 fully saturated rings. The Labute approximate surface area is 59.8 Å². The molecule has 0 radical (unpaired) electrons. The maximum atomic E-state index is 7.36. The molecule has 10 heavy (non-hydrogen) atoms. The van der Waals surface area contributed by atoms with Gasteiger partial charge in [0.15, 0.2) is 0 Å². The van der Waals surface area contributed by atoms with Crippen molar-refractivity contribution in [2.24, 2.45) is 4.99 Å². The summed E-state index contributed by atoms with van der Waals surface area (Å²) < 4.78 is 0. The zero-order chi connectivity index (χ0) is 7.40. The Kier molecular flexibility index (Phi) is 1.95. The van der Waals surface area contributed by atoms with Crippen molar-refractivity contribution in [3.63, 3.8) is 0 Å². The van der Waals surface area contributed by atoms with Gasteiger partial charge in [-0.3, -0.25) is 4.99 Å². The lowest BCUT2D eigenvalue weighted by molar-refractivity contribution is 1.46. The van der Waals surface area contributed by atoms with Crippen LogP contribution in [0.15, 0.2) is 41.1 Å². The molecule has 0 aromatic heterocycles. The van der Waals surface area contributed by atoms with Crippen LogP contribution >= 0.6 is 0 Å². The lowest BCUT2D eigenvalue weighted by Crippen LogP contribution is -1.96. The predicted molar refractivity (Wildman–Crippen MR) is 43.6 cm³/mol. The van der Waals surface area contributed by atoms with Crippen molar-refractivity contribution in [1.29, 1.82) is 5.41 Å². The van der Waals surface area contributed by atoms with Gasteiger partial charge < -0.3 is 5.41 Å². The summed E-state index contributed by atoms with van der Waals surface area (Å²) in [4.78, 5) is 3.57. The van der Waals surface area contributed by atoms with E-state index in [1.165, 1.54) is 0 Å². The highest BCUT2D eigenvalue weighted by Crippen LogP contribution is 2.05. The van der Waals surface area contributed by atoms with Crippen LogP contribution in [0.4, 0.5) is 0 Å². The van der Waals surface area contributed by atoms with E-state index in [-0.39, 0.29) is 0 Å². The fraction of sp³-hybridized carbons (Fsp3) is 0. The summed E-state index contributed by atoms with van der Waals surface area (Å²) in [5.41, 5.74) is 1.28. The van der Waals surface area contributed by atoms with Crippen molar-refractivity contribution in [1.82, 2.24) is 0 Å². The van der Waals surface area contributed by atoms with Crippen molar-refractivity contribution in [3.8, 4) is 0 Å². The van der Waals surface area contributed by atoms with E-state index < -0.39 is 0 Å². The van der Waals surface area contributed by atoms with Crippen LogP contribution in [0, 0.1) is 5.41 Å². The first kappa shape index (κ1) is 6.68. The van der Waals surface area contributed by atoms with Crippen molar-refractivity contribution in [3.05, 3.63) is 36.1 Å². The molecule has 0 aliphatic heterocycles. The van der Waals surface area contributed by atoms with Gasteiger partial charge in [0, 0.05) is 11.8 Å². The molecule has 0 aromatic carbocycles. The first-order valence-electron chi connectivity index (χ1n) is 2.94. The quantitative estimate of drug-likeness (QED) is 0.527. The van der Waals surface area contributed by atoms with E-state index in [0.717, 1.165) is 5.57 Å². The average molecular weight is 132 g/mol. The summed E-state index contributed by atoms with van der Waals surface area (Å²) in [5.74, 6) is 0. The Morgan fingerprint density at radius 3 is 2.70 bits per heavy atom.